The predicted octanol–water partition coefficient (Wildman–Crippen LogP) is 0.812. The molecular formula is C14H18N2O4. The number of carbonyl (C=O) groups is 2. The van der Waals surface area contributed by atoms with Gasteiger partial charge in [0.2, 0.25) is 0 Å². The number of nitrogens with two attached hydrogens (primary N) is 1. The molecule has 1 saturated heterocycles. The first-order valence-corrected chi connectivity index (χ1v) is 6.49. The molecule has 1 fully saturated rings. The number of benzene rings is 1. The number of nitrogens with zero attached hydrogens (tertiary/aromatic N) is 1. The molecule has 1 heterocycles. The molecule has 1 aromatic carbocycles. The van der Waals surface area contributed by atoms with E-state index in [-0.39, 0.29) is 18.9 Å². The molecule has 1 amide bonds. The monoisotopic (exact) mass is 278 g/mol. The second kappa shape index (κ2) is 6.27. The Hall–Kier alpha value is -2.24. The zero-order valence-electron chi connectivity index (χ0n) is 11.4. The van der Waals surface area contributed by atoms with E-state index >= 15 is 0 Å². The second-order valence-corrected chi connectivity index (χ2v) is 4.70. The number of likely N-dealkylation sites (tertiary alicyclic amines) is 1. The molecule has 6 heteroatoms. The Kier molecular flexibility index (Phi) is 4.45. The van der Waals surface area contributed by atoms with Gasteiger partial charge in [-0.2, -0.15) is 0 Å². The molecule has 1 aromatic rings. The summed E-state index contributed by atoms with van der Waals surface area (Å²) in [5.41, 5.74) is 6.22. The van der Waals surface area contributed by atoms with Gasteiger partial charge in [-0.3, -0.25) is 9.59 Å². The maximum Gasteiger partial charge on any atom is 0.310 e. The number of esters is 1. The van der Waals surface area contributed by atoms with E-state index in [1.165, 1.54) is 0 Å². The van der Waals surface area contributed by atoms with Gasteiger partial charge in [0, 0.05) is 31.8 Å². The van der Waals surface area contributed by atoms with E-state index in [4.69, 9.17) is 15.2 Å². The van der Waals surface area contributed by atoms with Crippen molar-refractivity contribution in [2.45, 2.75) is 18.9 Å². The molecule has 0 radical (unpaired) electrons. The van der Waals surface area contributed by atoms with Crippen LogP contribution >= 0.6 is 0 Å². The van der Waals surface area contributed by atoms with Crippen molar-refractivity contribution in [3.8, 4) is 5.75 Å². The summed E-state index contributed by atoms with van der Waals surface area (Å²) < 4.78 is 10.5. The Bertz CT molecular complexity index is 504. The fourth-order valence-corrected chi connectivity index (χ4v) is 1.97. The van der Waals surface area contributed by atoms with Crippen molar-refractivity contribution < 1.29 is 19.1 Å². The normalized spacial score (nSPS) is 18.1. The molecule has 1 aliphatic heterocycles. The second-order valence-electron chi connectivity index (χ2n) is 4.70. The van der Waals surface area contributed by atoms with E-state index in [0.29, 0.717) is 24.4 Å². The average Bonchev–Trinajstić information content (AvgIpc) is 2.71. The van der Waals surface area contributed by atoms with Crippen LogP contribution < -0.4 is 10.5 Å². The van der Waals surface area contributed by atoms with Gasteiger partial charge >= 0.3 is 5.97 Å². The summed E-state index contributed by atoms with van der Waals surface area (Å²) in [6.07, 6.45) is 0.0132. The third kappa shape index (κ3) is 3.63. The lowest BCUT2D eigenvalue weighted by atomic mass is 10.3. The van der Waals surface area contributed by atoms with Gasteiger partial charge in [0.25, 0.3) is 5.91 Å². The van der Waals surface area contributed by atoms with Gasteiger partial charge in [-0.1, -0.05) is 6.07 Å². The lowest BCUT2D eigenvalue weighted by molar-refractivity contribution is -0.156. The fourth-order valence-electron chi connectivity index (χ4n) is 1.97. The largest absolute Gasteiger partial charge is 0.493 e. The van der Waals surface area contributed by atoms with Crippen LogP contribution in [0.3, 0.4) is 0 Å². The van der Waals surface area contributed by atoms with E-state index in [0.717, 1.165) is 0 Å². The number of anilines is 1. The van der Waals surface area contributed by atoms with Crippen LogP contribution in [0.2, 0.25) is 0 Å². The third-order valence-electron chi connectivity index (χ3n) is 3.09. The van der Waals surface area contributed by atoms with Crippen molar-refractivity contribution in [3.63, 3.8) is 0 Å². The highest BCUT2D eigenvalue weighted by molar-refractivity contribution is 5.85. The number of hydrogen-bond acceptors (Lipinski definition) is 5. The molecular weight excluding hydrogens is 260 g/mol. The van der Waals surface area contributed by atoms with Gasteiger partial charge < -0.3 is 20.1 Å². The first-order chi connectivity index (χ1) is 9.56. The lowest BCUT2D eigenvalue weighted by Crippen LogP contribution is -2.29. The Morgan fingerprint density at radius 1 is 1.50 bits per heavy atom. The van der Waals surface area contributed by atoms with Crippen molar-refractivity contribution in [1.82, 2.24) is 4.90 Å². The minimum absolute atomic E-state index is 0.0995. The Morgan fingerprint density at radius 3 is 2.95 bits per heavy atom. The van der Waals surface area contributed by atoms with E-state index in [1.54, 1.807) is 36.2 Å². The molecule has 0 bridgehead atoms. The molecule has 0 aromatic heterocycles. The first-order valence-electron chi connectivity index (χ1n) is 6.49. The molecule has 0 spiro atoms. The maximum atomic E-state index is 11.6. The van der Waals surface area contributed by atoms with Crippen LogP contribution in [0, 0.1) is 0 Å². The van der Waals surface area contributed by atoms with Gasteiger partial charge in [-0.05, 0) is 12.1 Å². The fraction of sp³-hybridized carbons (Fsp3) is 0.429. The SMILES string of the molecule is CN1CCC(OC(=O)CCOc2cccc(N)c2)C1=O. The van der Waals surface area contributed by atoms with Crippen molar-refractivity contribution in [2.75, 3.05) is 25.9 Å². The van der Waals surface area contributed by atoms with Crippen molar-refractivity contribution >= 4 is 17.6 Å². The molecule has 2 N–H and O–H groups in total. The first kappa shape index (κ1) is 14.2. The Balaban J connectivity index is 1.72. The number of ether oxygens (including phenoxy) is 2. The average molecular weight is 278 g/mol. The van der Waals surface area contributed by atoms with Crippen LogP contribution in [0.1, 0.15) is 12.8 Å². The molecule has 108 valence electrons. The molecule has 0 aliphatic carbocycles. The van der Waals surface area contributed by atoms with Crippen molar-refractivity contribution in [1.29, 1.82) is 0 Å². The summed E-state index contributed by atoms with van der Waals surface area (Å²) in [6, 6.07) is 6.97. The molecule has 2 rings (SSSR count). The summed E-state index contributed by atoms with van der Waals surface area (Å²) in [5.74, 6) is 0.0344. The van der Waals surface area contributed by atoms with Crippen LogP contribution in [0.15, 0.2) is 24.3 Å². The molecule has 1 unspecified atom stereocenters. The maximum absolute atomic E-state index is 11.6. The smallest absolute Gasteiger partial charge is 0.310 e. The molecule has 20 heavy (non-hydrogen) atoms. The van der Waals surface area contributed by atoms with Gasteiger partial charge in [-0.25, -0.2) is 0 Å². The lowest BCUT2D eigenvalue weighted by Gasteiger charge is -2.12. The van der Waals surface area contributed by atoms with Crippen LogP contribution in [-0.4, -0.2) is 43.1 Å². The van der Waals surface area contributed by atoms with Gasteiger partial charge in [0.15, 0.2) is 6.10 Å². The van der Waals surface area contributed by atoms with Crippen molar-refractivity contribution in [3.05, 3.63) is 24.3 Å². The number of carbonyl (C=O) groups excluding carboxylic acids is 2. The standard InChI is InChI=1S/C14H18N2O4/c1-16-7-5-12(14(16)18)20-13(17)6-8-19-11-4-2-3-10(15)9-11/h2-4,9,12H,5-8,15H2,1H3. The zero-order chi connectivity index (χ0) is 14.5. The molecule has 6 nitrogen and oxygen atoms in total. The summed E-state index contributed by atoms with van der Waals surface area (Å²) in [5, 5.41) is 0. The van der Waals surface area contributed by atoms with Crippen LogP contribution in [-0.2, 0) is 14.3 Å². The van der Waals surface area contributed by atoms with Crippen LogP contribution in [0.4, 0.5) is 5.69 Å². The zero-order valence-corrected chi connectivity index (χ0v) is 11.4. The topological polar surface area (TPSA) is 81.9 Å². The van der Waals surface area contributed by atoms with Gasteiger partial charge in [0.05, 0.1) is 13.0 Å². The number of likely N-dealkylation sites (N-methyl/N-ethyl adjacent to an activating group) is 1. The summed E-state index contributed by atoms with van der Waals surface area (Å²) in [6.45, 7) is 0.815. The number of amides is 1. The van der Waals surface area contributed by atoms with Crippen molar-refractivity contribution in [2.24, 2.45) is 0 Å². The van der Waals surface area contributed by atoms with E-state index in [1.807, 2.05) is 0 Å². The molecule has 1 aliphatic rings. The highest BCUT2D eigenvalue weighted by Gasteiger charge is 2.32. The summed E-state index contributed by atoms with van der Waals surface area (Å²) in [7, 11) is 1.69. The molecule has 0 saturated carbocycles. The predicted molar refractivity (Wildman–Crippen MR) is 73.1 cm³/mol. The van der Waals surface area contributed by atoms with Gasteiger partial charge in [-0.15, -0.1) is 0 Å². The minimum Gasteiger partial charge on any atom is -0.493 e. The quantitative estimate of drug-likeness (QED) is 0.636. The number of rotatable bonds is 5. The third-order valence-corrected chi connectivity index (χ3v) is 3.09. The molecule has 1 atom stereocenters. The highest BCUT2D eigenvalue weighted by atomic mass is 16.6. The van der Waals surface area contributed by atoms with Crippen LogP contribution in [0.25, 0.3) is 0 Å². The number of nitrogen functional groups attached to an aromatic ring is 1. The summed E-state index contributed by atoms with van der Waals surface area (Å²) in [4.78, 5) is 24.7. The van der Waals surface area contributed by atoms with E-state index in [9.17, 15) is 9.59 Å². The summed E-state index contributed by atoms with van der Waals surface area (Å²) >= 11 is 0. The van der Waals surface area contributed by atoms with E-state index in [2.05, 4.69) is 0 Å². The minimum atomic E-state index is -0.639. The number of hydrogen-bond donors (Lipinski definition) is 1. The highest BCUT2D eigenvalue weighted by Crippen LogP contribution is 2.15. The van der Waals surface area contributed by atoms with E-state index < -0.39 is 12.1 Å². The Morgan fingerprint density at radius 2 is 2.30 bits per heavy atom. The van der Waals surface area contributed by atoms with Gasteiger partial charge in [0.1, 0.15) is 5.75 Å². The Labute approximate surface area is 117 Å². The van der Waals surface area contributed by atoms with Crippen LogP contribution in [0.5, 0.6) is 5.75 Å².